The normalized spacial score (nSPS) is 22.6. The van der Waals surface area contributed by atoms with Crippen LogP contribution in [0.4, 0.5) is 4.39 Å². The summed E-state index contributed by atoms with van der Waals surface area (Å²) in [5.74, 6) is -0.819. The minimum Gasteiger partial charge on any atom is -0.480 e. The highest BCUT2D eigenvalue weighted by molar-refractivity contribution is 6.74. The van der Waals surface area contributed by atoms with Crippen molar-refractivity contribution >= 4 is 14.3 Å². The fourth-order valence-corrected chi connectivity index (χ4v) is 4.87. The standard InChI is InChI=1S/C22H36FNO3Si/c1-15(2)20(21(25)26)24-12-17(14-27-28(6,7)22(3,4)5)19(13-24)16-9-8-10-18(23)11-16/h8-11,15,17,19-20H,12-14H2,1-7H3,(H,25,26)/t17-,19-,20-/m1/s1. The van der Waals surface area contributed by atoms with Crippen molar-refractivity contribution in [3.05, 3.63) is 35.6 Å². The lowest BCUT2D eigenvalue weighted by atomic mass is 9.89. The van der Waals surface area contributed by atoms with Crippen LogP contribution in [0.5, 0.6) is 0 Å². The van der Waals surface area contributed by atoms with E-state index in [1.807, 2.05) is 24.8 Å². The maximum absolute atomic E-state index is 13.9. The van der Waals surface area contributed by atoms with Crippen molar-refractivity contribution in [1.29, 1.82) is 0 Å². The fourth-order valence-electron chi connectivity index (χ4n) is 3.81. The first kappa shape index (κ1) is 23.0. The average Bonchev–Trinajstić information content (AvgIpc) is 2.95. The SMILES string of the molecule is CC(C)[C@H](C(=O)O)N1C[C@H](CO[Si](C)(C)C(C)(C)C)[C@@H](c2cccc(F)c2)C1. The van der Waals surface area contributed by atoms with Crippen LogP contribution in [0, 0.1) is 17.7 Å². The molecular formula is C22H36FNO3Si. The third-order valence-electron chi connectivity index (χ3n) is 6.49. The van der Waals surface area contributed by atoms with Crippen LogP contribution in [0.1, 0.15) is 46.1 Å². The predicted molar refractivity (Wildman–Crippen MR) is 114 cm³/mol. The molecule has 1 aliphatic rings. The molecule has 6 heteroatoms. The van der Waals surface area contributed by atoms with E-state index < -0.39 is 20.3 Å². The molecule has 0 amide bonds. The second-order valence-electron chi connectivity index (χ2n) is 9.97. The molecule has 1 aliphatic heterocycles. The molecular weight excluding hydrogens is 373 g/mol. The van der Waals surface area contributed by atoms with Crippen molar-refractivity contribution in [1.82, 2.24) is 4.90 Å². The molecule has 0 saturated carbocycles. The molecule has 0 unspecified atom stereocenters. The highest BCUT2D eigenvalue weighted by atomic mass is 28.4. The van der Waals surface area contributed by atoms with Crippen LogP contribution in [0.3, 0.4) is 0 Å². The smallest absolute Gasteiger partial charge is 0.321 e. The number of carbonyl (C=O) groups is 1. The van der Waals surface area contributed by atoms with E-state index in [2.05, 4.69) is 33.9 Å². The van der Waals surface area contributed by atoms with Gasteiger partial charge in [-0.25, -0.2) is 4.39 Å². The van der Waals surface area contributed by atoms with Gasteiger partial charge in [0.1, 0.15) is 11.9 Å². The minimum absolute atomic E-state index is 0.00530. The molecule has 0 radical (unpaired) electrons. The summed E-state index contributed by atoms with van der Waals surface area (Å²) in [6.45, 7) is 16.8. The molecule has 1 N–H and O–H groups in total. The van der Waals surface area contributed by atoms with E-state index in [1.54, 1.807) is 12.1 Å². The van der Waals surface area contributed by atoms with E-state index in [9.17, 15) is 14.3 Å². The Morgan fingerprint density at radius 2 is 1.96 bits per heavy atom. The largest absolute Gasteiger partial charge is 0.480 e. The molecule has 28 heavy (non-hydrogen) atoms. The summed E-state index contributed by atoms with van der Waals surface area (Å²) in [7, 11) is -1.92. The van der Waals surface area contributed by atoms with Gasteiger partial charge < -0.3 is 9.53 Å². The maximum Gasteiger partial charge on any atom is 0.321 e. The predicted octanol–water partition coefficient (Wildman–Crippen LogP) is 4.97. The van der Waals surface area contributed by atoms with Crippen molar-refractivity contribution in [2.24, 2.45) is 11.8 Å². The second-order valence-corrected chi connectivity index (χ2v) is 14.8. The first-order chi connectivity index (χ1) is 12.8. The van der Waals surface area contributed by atoms with Crippen LogP contribution in [-0.4, -0.2) is 50.0 Å². The van der Waals surface area contributed by atoms with Crippen LogP contribution >= 0.6 is 0 Å². The Kier molecular flexibility index (Phi) is 7.11. The maximum atomic E-state index is 13.9. The van der Waals surface area contributed by atoms with Gasteiger partial charge in [-0.05, 0) is 41.7 Å². The van der Waals surface area contributed by atoms with E-state index in [0.717, 1.165) is 5.56 Å². The van der Waals surface area contributed by atoms with Crippen LogP contribution in [0.2, 0.25) is 18.1 Å². The molecule has 1 fully saturated rings. The number of rotatable bonds is 7. The lowest BCUT2D eigenvalue weighted by molar-refractivity contribution is -0.144. The van der Waals surface area contributed by atoms with Crippen molar-refractivity contribution in [3.63, 3.8) is 0 Å². The quantitative estimate of drug-likeness (QED) is 0.646. The van der Waals surface area contributed by atoms with Gasteiger partial charge in [0, 0.05) is 31.5 Å². The first-order valence-electron chi connectivity index (χ1n) is 10.2. The van der Waals surface area contributed by atoms with E-state index >= 15 is 0 Å². The summed E-state index contributed by atoms with van der Waals surface area (Å²) in [6, 6.07) is 6.18. The van der Waals surface area contributed by atoms with Gasteiger partial charge in [-0.1, -0.05) is 46.8 Å². The fraction of sp³-hybridized carbons (Fsp3) is 0.682. The van der Waals surface area contributed by atoms with Gasteiger partial charge in [0.2, 0.25) is 0 Å². The molecule has 1 aromatic carbocycles. The Labute approximate surface area is 170 Å². The number of aliphatic carboxylic acids is 1. The first-order valence-corrected chi connectivity index (χ1v) is 13.1. The van der Waals surface area contributed by atoms with E-state index in [4.69, 9.17) is 4.43 Å². The van der Waals surface area contributed by atoms with E-state index in [1.165, 1.54) is 6.07 Å². The number of hydrogen-bond acceptors (Lipinski definition) is 3. The van der Waals surface area contributed by atoms with Crippen molar-refractivity contribution in [2.45, 2.75) is 64.7 Å². The molecule has 1 aromatic rings. The number of carboxylic acid groups (broad SMARTS) is 1. The Balaban J connectivity index is 2.27. The summed E-state index contributed by atoms with van der Waals surface area (Å²) in [6.07, 6.45) is 0. The average molecular weight is 410 g/mol. The topological polar surface area (TPSA) is 49.8 Å². The molecule has 4 nitrogen and oxygen atoms in total. The summed E-state index contributed by atoms with van der Waals surface area (Å²) >= 11 is 0. The number of benzene rings is 1. The third kappa shape index (κ3) is 5.22. The molecule has 3 atom stereocenters. The molecule has 2 rings (SSSR count). The van der Waals surface area contributed by atoms with Crippen LogP contribution in [-0.2, 0) is 9.22 Å². The van der Waals surface area contributed by atoms with Crippen molar-refractivity contribution in [3.8, 4) is 0 Å². The van der Waals surface area contributed by atoms with Crippen LogP contribution in [0.15, 0.2) is 24.3 Å². The number of likely N-dealkylation sites (tertiary alicyclic amines) is 1. The zero-order chi connectivity index (χ0) is 21.3. The zero-order valence-corrected chi connectivity index (χ0v) is 19.3. The lowest BCUT2D eigenvalue weighted by Crippen LogP contribution is -2.44. The molecule has 158 valence electrons. The van der Waals surface area contributed by atoms with Gasteiger partial charge in [-0.2, -0.15) is 0 Å². The van der Waals surface area contributed by atoms with Crippen LogP contribution in [0.25, 0.3) is 0 Å². The molecule has 0 spiro atoms. The summed E-state index contributed by atoms with van der Waals surface area (Å²) in [5.41, 5.74) is 0.930. The number of halogens is 1. The Morgan fingerprint density at radius 3 is 2.46 bits per heavy atom. The van der Waals surface area contributed by atoms with Gasteiger partial charge in [0.25, 0.3) is 0 Å². The van der Waals surface area contributed by atoms with Gasteiger partial charge in [-0.15, -0.1) is 0 Å². The Bertz CT molecular complexity index is 687. The second kappa shape index (κ2) is 8.64. The van der Waals surface area contributed by atoms with Crippen molar-refractivity contribution in [2.75, 3.05) is 19.7 Å². The molecule has 1 heterocycles. The lowest BCUT2D eigenvalue weighted by Gasteiger charge is -2.37. The Hall–Kier alpha value is -1.24. The molecule has 1 saturated heterocycles. The van der Waals surface area contributed by atoms with E-state index in [0.29, 0.717) is 19.7 Å². The molecule has 0 bridgehead atoms. The van der Waals surface area contributed by atoms with Gasteiger partial charge in [0.15, 0.2) is 8.32 Å². The molecule has 0 aliphatic carbocycles. The third-order valence-corrected chi connectivity index (χ3v) is 11.0. The van der Waals surface area contributed by atoms with Gasteiger partial charge in [-0.3, -0.25) is 9.69 Å². The molecule has 0 aromatic heterocycles. The monoisotopic (exact) mass is 409 g/mol. The summed E-state index contributed by atoms with van der Waals surface area (Å²) in [5, 5.41) is 9.84. The summed E-state index contributed by atoms with van der Waals surface area (Å²) < 4.78 is 20.3. The zero-order valence-electron chi connectivity index (χ0n) is 18.3. The van der Waals surface area contributed by atoms with E-state index in [-0.39, 0.29) is 28.6 Å². The highest BCUT2D eigenvalue weighted by Crippen LogP contribution is 2.40. The minimum atomic E-state index is -1.92. The van der Waals surface area contributed by atoms with Crippen LogP contribution < -0.4 is 0 Å². The van der Waals surface area contributed by atoms with Gasteiger partial charge >= 0.3 is 5.97 Å². The Morgan fingerprint density at radius 1 is 1.32 bits per heavy atom. The number of carboxylic acids is 1. The van der Waals surface area contributed by atoms with Crippen molar-refractivity contribution < 1.29 is 18.7 Å². The summed E-state index contributed by atoms with van der Waals surface area (Å²) in [4.78, 5) is 13.9. The van der Waals surface area contributed by atoms with Gasteiger partial charge in [0.05, 0.1) is 0 Å². The number of hydrogen-bond donors (Lipinski definition) is 1. The highest BCUT2D eigenvalue weighted by Gasteiger charge is 2.43. The number of nitrogens with zero attached hydrogens (tertiary/aromatic N) is 1.